The molecule has 88 valence electrons. The SMILES string of the molecule is CC1CC(Nc2cnn(CC(N)=O)c2)CS1. The molecule has 0 bridgehead atoms. The van der Waals surface area contributed by atoms with Gasteiger partial charge in [0, 0.05) is 23.2 Å². The molecule has 1 saturated heterocycles. The number of thioether (sulfide) groups is 1. The van der Waals surface area contributed by atoms with Crippen molar-refractivity contribution in [2.45, 2.75) is 31.2 Å². The molecule has 3 N–H and O–H groups in total. The highest BCUT2D eigenvalue weighted by Gasteiger charge is 2.21. The van der Waals surface area contributed by atoms with Gasteiger partial charge in [-0.1, -0.05) is 6.92 Å². The smallest absolute Gasteiger partial charge is 0.239 e. The average Bonchev–Trinajstić information content (AvgIpc) is 2.76. The Balaban J connectivity index is 1.90. The minimum atomic E-state index is -0.375. The molecule has 1 aliphatic heterocycles. The quantitative estimate of drug-likeness (QED) is 0.811. The van der Waals surface area contributed by atoms with Crippen LogP contribution >= 0.6 is 11.8 Å². The number of rotatable bonds is 4. The summed E-state index contributed by atoms with van der Waals surface area (Å²) in [4.78, 5) is 10.7. The molecule has 0 saturated carbocycles. The van der Waals surface area contributed by atoms with Gasteiger partial charge in [-0.25, -0.2) is 0 Å². The molecule has 0 spiro atoms. The molecule has 1 fully saturated rings. The fourth-order valence-corrected chi connectivity index (χ4v) is 2.99. The minimum absolute atomic E-state index is 0.136. The Morgan fingerprint density at radius 2 is 2.62 bits per heavy atom. The molecule has 1 aromatic heterocycles. The van der Waals surface area contributed by atoms with Crippen LogP contribution in [0.4, 0.5) is 5.69 Å². The van der Waals surface area contributed by atoms with Crippen molar-refractivity contribution in [2.24, 2.45) is 5.73 Å². The Morgan fingerprint density at radius 3 is 3.25 bits per heavy atom. The molecule has 2 unspecified atom stereocenters. The highest BCUT2D eigenvalue weighted by molar-refractivity contribution is 8.00. The van der Waals surface area contributed by atoms with E-state index in [-0.39, 0.29) is 12.5 Å². The Hall–Kier alpha value is -1.17. The number of nitrogens with one attached hydrogen (secondary N) is 1. The maximum atomic E-state index is 10.7. The maximum absolute atomic E-state index is 10.7. The van der Waals surface area contributed by atoms with Crippen LogP contribution < -0.4 is 11.1 Å². The van der Waals surface area contributed by atoms with E-state index < -0.39 is 0 Å². The second-order valence-corrected chi connectivity index (χ2v) is 5.59. The Kier molecular flexibility index (Phi) is 3.38. The van der Waals surface area contributed by atoms with Crippen LogP contribution in [0.1, 0.15) is 13.3 Å². The van der Waals surface area contributed by atoms with E-state index in [1.165, 1.54) is 6.42 Å². The largest absolute Gasteiger partial charge is 0.379 e. The molecule has 1 amide bonds. The van der Waals surface area contributed by atoms with E-state index in [2.05, 4.69) is 17.3 Å². The summed E-state index contributed by atoms with van der Waals surface area (Å²) >= 11 is 1.98. The molecule has 1 aliphatic rings. The lowest BCUT2D eigenvalue weighted by molar-refractivity contribution is -0.118. The number of nitrogens with two attached hydrogens (primary N) is 1. The van der Waals surface area contributed by atoms with Gasteiger partial charge < -0.3 is 11.1 Å². The predicted octanol–water partition coefficient (Wildman–Crippen LogP) is 0.674. The van der Waals surface area contributed by atoms with E-state index in [0.29, 0.717) is 6.04 Å². The van der Waals surface area contributed by atoms with Gasteiger partial charge >= 0.3 is 0 Å². The highest BCUT2D eigenvalue weighted by Crippen LogP contribution is 2.28. The van der Waals surface area contributed by atoms with Gasteiger partial charge in [-0.15, -0.1) is 0 Å². The standard InChI is InChI=1S/C10H16N4OS/c1-7-2-8(6-16-7)13-9-3-12-14(4-9)5-10(11)15/h3-4,7-8,13H,2,5-6H2,1H3,(H2,11,15). The maximum Gasteiger partial charge on any atom is 0.239 e. The summed E-state index contributed by atoms with van der Waals surface area (Å²) in [6.45, 7) is 2.38. The third kappa shape index (κ3) is 2.91. The molecule has 1 aromatic rings. The summed E-state index contributed by atoms with van der Waals surface area (Å²) in [5.41, 5.74) is 6.05. The van der Waals surface area contributed by atoms with Gasteiger partial charge in [0.1, 0.15) is 6.54 Å². The number of anilines is 1. The lowest BCUT2D eigenvalue weighted by Crippen LogP contribution is -2.19. The van der Waals surface area contributed by atoms with E-state index in [0.717, 1.165) is 16.7 Å². The average molecular weight is 240 g/mol. The lowest BCUT2D eigenvalue weighted by Gasteiger charge is -2.10. The number of hydrogen-bond acceptors (Lipinski definition) is 4. The number of primary amides is 1. The monoisotopic (exact) mass is 240 g/mol. The zero-order chi connectivity index (χ0) is 11.5. The van der Waals surface area contributed by atoms with E-state index in [1.807, 2.05) is 18.0 Å². The van der Waals surface area contributed by atoms with Crippen molar-refractivity contribution < 1.29 is 4.79 Å². The summed E-state index contributed by atoms with van der Waals surface area (Å²) in [7, 11) is 0. The first-order chi connectivity index (χ1) is 7.63. The minimum Gasteiger partial charge on any atom is -0.379 e. The molecule has 6 heteroatoms. The Labute approximate surface area is 98.8 Å². The second kappa shape index (κ2) is 4.78. The summed E-state index contributed by atoms with van der Waals surface area (Å²) < 4.78 is 1.55. The third-order valence-corrected chi connectivity index (χ3v) is 3.88. The van der Waals surface area contributed by atoms with Crippen LogP contribution in [0.3, 0.4) is 0 Å². The van der Waals surface area contributed by atoms with Crippen LogP contribution in [0, 0.1) is 0 Å². The van der Waals surface area contributed by atoms with E-state index in [9.17, 15) is 4.79 Å². The van der Waals surface area contributed by atoms with Gasteiger partial charge in [-0.3, -0.25) is 9.48 Å². The molecule has 2 rings (SSSR count). The molecular formula is C10H16N4OS. The van der Waals surface area contributed by atoms with Crippen LogP contribution in [0.5, 0.6) is 0 Å². The summed E-state index contributed by atoms with van der Waals surface area (Å²) in [6, 6.07) is 0.506. The van der Waals surface area contributed by atoms with Crippen LogP contribution in [0.15, 0.2) is 12.4 Å². The summed E-state index contributed by atoms with van der Waals surface area (Å²) in [5.74, 6) is 0.752. The van der Waals surface area contributed by atoms with Gasteiger partial charge in [0.2, 0.25) is 5.91 Å². The Morgan fingerprint density at radius 1 is 1.81 bits per heavy atom. The fraction of sp³-hybridized carbons (Fsp3) is 0.600. The zero-order valence-corrected chi connectivity index (χ0v) is 10.0. The number of hydrogen-bond donors (Lipinski definition) is 2. The van der Waals surface area contributed by atoms with Crippen molar-refractivity contribution in [1.82, 2.24) is 9.78 Å². The van der Waals surface area contributed by atoms with Crippen LogP contribution in [0.25, 0.3) is 0 Å². The number of carbonyl (C=O) groups is 1. The second-order valence-electron chi connectivity index (χ2n) is 4.11. The first-order valence-electron chi connectivity index (χ1n) is 5.32. The van der Waals surface area contributed by atoms with Gasteiger partial charge in [0.25, 0.3) is 0 Å². The van der Waals surface area contributed by atoms with Crippen molar-refractivity contribution in [1.29, 1.82) is 0 Å². The number of aromatic nitrogens is 2. The molecule has 0 radical (unpaired) electrons. The van der Waals surface area contributed by atoms with E-state index >= 15 is 0 Å². The molecule has 0 aromatic carbocycles. The first kappa shape index (κ1) is 11.3. The Bertz CT molecular complexity index is 379. The molecule has 5 nitrogen and oxygen atoms in total. The number of nitrogens with zero attached hydrogens (tertiary/aromatic N) is 2. The summed E-state index contributed by atoms with van der Waals surface area (Å²) in [5, 5.41) is 8.19. The molecule has 16 heavy (non-hydrogen) atoms. The van der Waals surface area contributed by atoms with Gasteiger partial charge in [0.05, 0.1) is 11.9 Å². The van der Waals surface area contributed by atoms with E-state index in [4.69, 9.17) is 5.73 Å². The molecule has 2 atom stereocenters. The van der Waals surface area contributed by atoms with Crippen LogP contribution in [0.2, 0.25) is 0 Å². The van der Waals surface area contributed by atoms with Gasteiger partial charge in [-0.05, 0) is 6.42 Å². The van der Waals surface area contributed by atoms with Gasteiger partial charge in [-0.2, -0.15) is 16.9 Å². The highest BCUT2D eigenvalue weighted by atomic mass is 32.2. The number of amides is 1. The fourth-order valence-electron chi connectivity index (χ4n) is 1.84. The van der Waals surface area contributed by atoms with Gasteiger partial charge in [0.15, 0.2) is 0 Å². The first-order valence-corrected chi connectivity index (χ1v) is 6.37. The molecule has 0 aliphatic carbocycles. The van der Waals surface area contributed by atoms with Crippen LogP contribution in [-0.4, -0.2) is 32.7 Å². The zero-order valence-electron chi connectivity index (χ0n) is 9.22. The van der Waals surface area contributed by atoms with Crippen molar-refractivity contribution >= 4 is 23.4 Å². The van der Waals surface area contributed by atoms with Crippen molar-refractivity contribution in [3.8, 4) is 0 Å². The normalized spacial score (nSPS) is 24.6. The predicted molar refractivity (Wildman–Crippen MR) is 65.4 cm³/mol. The third-order valence-electron chi connectivity index (χ3n) is 2.52. The van der Waals surface area contributed by atoms with Crippen molar-refractivity contribution in [2.75, 3.05) is 11.1 Å². The van der Waals surface area contributed by atoms with Crippen LogP contribution in [-0.2, 0) is 11.3 Å². The van der Waals surface area contributed by atoms with Crippen molar-refractivity contribution in [3.05, 3.63) is 12.4 Å². The number of carbonyl (C=O) groups excluding carboxylic acids is 1. The molecule has 2 heterocycles. The molecular weight excluding hydrogens is 224 g/mol. The lowest BCUT2D eigenvalue weighted by atomic mass is 10.2. The summed E-state index contributed by atoms with van der Waals surface area (Å²) in [6.07, 6.45) is 4.72. The van der Waals surface area contributed by atoms with E-state index in [1.54, 1.807) is 10.9 Å². The van der Waals surface area contributed by atoms with Crippen molar-refractivity contribution in [3.63, 3.8) is 0 Å². The topological polar surface area (TPSA) is 72.9 Å².